The third-order valence-electron chi connectivity index (χ3n) is 2.07. The fraction of sp³-hybridized carbons (Fsp3) is 0.111. The van der Waals surface area contributed by atoms with Crippen LogP contribution in [-0.2, 0) is 0 Å². The summed E-state index contributed by atoms with van der Waals surface area (Å²) in [7, 11) is 0. The summed E-state index contributed by atoms with van der Waals surface area (Å²) < 4.78 is 0.571. The number of aromatic carboxylic acids is 1. The van der Waals surface area contributed by atoms with Gasteiger partial charge in [-0.1, -0.05) is 0 Å². The topological polar surface area (TPSA) is 66.0 Å². The van der Waals surface area contributed by atoms with Crippen molar-refractivity contribution in [3.63, 3.8) is 0 Å². The molecule has 1 aromatic carbocycles. The molecule has 5 heteroatoms. The smallest absolute Gasteiger partial charge is 0.337 e. The molecule has 2 rings (SSSR count). The van der Waals surface area contributed by atoms with Crippen LogP contribution in [0.25, 0.3) is 10.9 Å². The fourth-order valence-electron chi connectivity index (χ4n) is 1.45. The van der Waals surface area contributed by atoms with Crippen molar-refractivity contribution in [2.24, 2.45) is 0 Å². The highest BCUT2D eigenvalue weighted by atomic mass is 79.9. The molecule has 0 unspecified atom stereocenters. The van der Waals surface area contributed by atoms with E-state index in [-0.39, 0.29) is 5.56 Å². The van der Waals surface area contributed by atoms with Crippen LogP contribution in [0.3, 0.4) is 0 Å². The van der Waals surface area contributed by atoms with Crippen LogP contribution in [0.1, 0.15) is 16.1 Å². The summed E-state index contributed by atoms with van der Waals surface area (Å²) >= 11 is 3.21. The van der Waals surface area contributed by atoms with Gasteiger partial charge in [0.15, 0.2) is 0 Å². The minimum atomic E-state index is -0.952. The minimum absolute atomic E-state index is 0.258. The molecule has 0 aliphatic heterocycles. The first kappa shape index (κ1) is 9.21. The van der Waals surface area contributed by atoms with Gasteiger partial charge in [0.05, 0.1) is 11.1 Å². The number of hydrogen-bond donors (Lipinski definition) is 2. The van der Waals surface area contributed by atoms with Gasteiger partial charge < -0.3 is 5.11 Å². The van der Waals surface area contributed by atoms with Crippen molar-refractivity contribution in [2.75, 3.05) is 0 Å². The van der Waals surface area contributed by atoms with Gasteiger partial charge >= 0.3 is 5.97 Å². The second kappa shape index (κ2) is 3.09. The summed E-state index contributed by atoms with van der Waals surface area (Å²) in [5.41, 5.74) is 1.69. The average Bonchev–Trinajstić information content (AvgIpc) is 2.47. The van der Waals surface area contributed by atoms with Crippen LogP contribution in [-0.4, -0.2) is 21.3 Å². The van der Waals surface area contributed by atoms with Gasteiger partial charge in [-0.2, -0.15) is 5.10 Å². The lowest BCUT2D eigenvalue weighted by atomic mass is 10.1. The molecule has 0 spiro atoms. The number of carboxylic acids is 1. The standard InChI is InChI=1S/C9H7BrN2O2/c1-4-7-6(12-11-4)3-2-5(10)8(7)9(13)14/h2-3H,1H3,(H,11,12)(H,13,14). The van der Waals surface area contributed by atoms with Crippen LogP contribution in [0.15, 0.2) is 16.6 Å². The Bertz CT molecular complexity index is 519. The highest BCUT2D eigenvalue weighted by molar-refractivity contribution is 9.10. The van der Waals surface area contributed by atoms with Crippen molar-refractivity contribution >= 4 is 32.8 Å². The lowest BCUT2D eigenvalue weighted by molar-refractivity contribution is 0.0698. The van der Waals surface area contributed by atoms with Crippen molar-refractivity contribution in [2.45, 2.75) is 6.92 Å². The lowest BCUT2D eigenvalue weighted by Gasteiger charge is -2.00. The van der Waals surface area contributed by atoms with E-state index in [1.165, 1.54) is 0 Å². The number of aromatic amines is 1. The Morgan fingerprint density at radius 2 is 2.29 bits per heavy atom. The Balaban J connectivity index is 2.94. The number of aromatic nitrogens is 2. The highest BCUT2D eigenvalue weighted by Gasteiger charge is 2.16. The molecule has 0 amide bonds. The molecule has 0 aliphatic carbocycles. The number of rotatable bonds is 1. The zero-order valence-corrected chi connectivity index (χ0v) is 8.92. The summed E-state index contributed by atoms with van der Waals surface area (Å²) in [6, 6.07) is 3.46. The second-order valence-corrected chi connectivity index (χ2v) is 3.82. The van der Waals surface area contributed by atoms with E-state index < -0.39 is 5.97 Å². The van der Waals surface area contributed by atoms with Crippen molar-refractivity contribution in [1.29, 1.82) is 0 Å². The molecule has 0 aliphatic rings. The van der Waals surface area contributed by atoms with Crippen LogP contribution >= 0.6 is 15.9 Å². The quantitative estimate of drug-likeness (QED) is 0.821. The number of H-pyrrole nitrogens is 1. The average molecular weight is 255 g/mol. The monoisotopic (exact) mass is 254 g/mol. The summed E-state index contributed by atoms with van der Waals surface area (Å²) in [6.07, 6.45) is 0. The maximum Gasteiger partial charge on any atom is 0.337 e. The van der Waals surface area contributed by atoms with E-state index in [0.29, 0.717) is 15.4 Å². The Labute approximate surface area is 88.1 Å². The van der Waals surface area contributed by atoms with Crippen molar-refractivity contribution in [3.8, 4) is 0 Å². The SMILES string of the molecule is Cc1[nH]nc2ccc(Br)c(C(=O)O)c12. The molecule has 72 valence electrons. The molecule has 0 saturated heterocycles. The molecule has 0 fully saturated rings. The Kier molecular flexibility index (Phi) is 2.03. The first-order valence-electron chi connectivity index (χ1n) is 3.97. The first-order valence-corrected chi connectivity index (χ1v) is 4.77. The molecular weight excluding hydrogens is 248 g/mol. The maximum atomic E-state index is 11.0. The molecule has 14 heavy (non-hydrogen) atoms. The van der Waals surface area contributed by atoms with Crippen LogP contribution in [0.4, 0.5) is 0 Å². The third-order valence-corrected chi connectivity index (χ3v) is 2.73. The van der Waals surface area contributed by atoms with Gasteiger partial charge in [-0.05, 0) is 35.0 Å². The number of halogens is 1. The number of carboxylic acid groups (broad SMARTS) is 1. The minimum Gasteiger partial charge on any atom is -0.478 e. The van der Waals surface area contributed by atoms with Crippen molar-refractivity contribution in [3.05, 3.63) is 27.9 Å². The molecule has 0 saturated carbocycles. The van der Waals surface area contributed by atoms with E-state index in [1.807, 2.05) is 0 Å². The number of hydrogen-bond acceptors (Lipinski definition) is 2. The molecular formula is C9H7BrN2O2. The predicted octanol–water partition coefficient (Wildman–Crippen LogP) is 2.33. The highest BCUT2D eigenvalue weighted by Crippen LogP contribution is 2.27. The molecule has 0 atom stereocenters. The van der Waals surface area contributed by atoms with Crippen LogP contribution < -0.4 is 0 Å². The molecule has 2 aromatic rings. The van der Waals surface area contributed by atoms with Crippen molar-refractivity contribution in [1.82, 2.24) is 10.2 Å². The zero-order valence-electron chi connectivity index (χ0n) is 7.34. The van der Waals surface area contributed by atoms with E-state index in [0.717, 1.165) is 5.69 Å². The molecule has 2 N–H and O–H groups in total. The largest absolute Gasteiger partial charge is 0.478 e. The second-order valence-electron chi connectivity index (χ2n) is 2.97. The fourth-order valence-corrected chi connectivity index (χ4v) is 1.95. The van der Waals surface area contributed by atoms with E-state index in [1.54, 1.807) is 19.1 Å². The number of carbonyl (C=O) groups is 1. The van der Waals surface area contributed by atoms with E-state index >= 15 is 0 Å². The van der Waals surface area contributed by atoms with Gasteiger partial charge in [0.25, 0.3) is 0 Å². The number of nitrogens with zero attached hydrogens (tertiary/aromatic N) is 1. The van der Waals surface area contributed by atoms with E-state index in [9.17, 15) is 4.79 Å². The van der Waals surface area contributed by atoms with Crippen molar-refractivity contribution < 1.29 is 9.90 Å². The summed E-state index contributed by atoms with van der Waals surface area (Å²) in [5.74, 6) is -0.952. The zero-order chi connectivity index (χ0) is 10.3. The number of aryl methyl sites for hydroxylation is 1. The molecule has 1 aromatic heterocycles. The van der Waals surface area contributed by atoms with Gasteiger partial charge in [0, 0.05) is 15.6 Å². The Hall–Kier alpha value is -1.36. The summed E-state index contributed by atoms with van der Waals surface area (Å²) in [5, 5.41) is 16.5. The molecule has 0 radical (unpaired) electrons. The van der Waals surface area contributed by atoms with Gasteiger partial charge in [-0.25, -0.2) is 4.79 Å². The molecule has 0 bridgehead atoms. The summed E-state index contributed by atoms with van der Waals surface area (Å²) in [6.45, 7) is 1.80. The van der Waals surface area contributed by atoms with E-state index in [4.69, 9.17) is 5.11 Å². The maximum absolute atomic E-state index is 11.0. The number of benzene rings is 1. The Morgan fingerprint density at radius 3 is 2.93 bits per heavy atom. The van der Waals surface area contributed by atoms with Crippen LogP contribution in [0.2, 0.25) is 0 Å². The van der Waals surface area contributed by atoms with Gasteiger partial charge in [0.2, 0.25) is 0 Å². The first-order chi connectivity index (χ1) is 6.61. The van der Waals surface area contributed by atoms with Crippen LogP contribution in [0, 0.1) is 6.92 Å². The molecule has 1 heterocycles. The summed E-state index contributed by atoms with van der Waals surface area (Å²) in [4.78, 5) is 11.0. The van der Waals surface area contributed by atoms with Gasteiger partial charge in [-0.3, -0.25) is 5.10 Å². The number of nitrogens with one attached hydrogen (secondary N) is 1. The van der Waals surface area contributed by atoms with E-state index in [2.05, 4.69) is 26.1 Å². The van der Waals surface area contributed by atoms with Crippen LogP contribution in [0.5, 0.6) is 0 Å². The lowest BCUT2D eigenvalue weighted by Crippen LogP contribution is -1.98. The molecule has 4 nitrogen and oxygen atoms in total. The van der Waals surface area contributed by atoms with Gasteiger partial charge in [0.1, 0.15) is 0 Å². The Morgan fingerprint density at radius 1 is 1.57 bits per heavy atom. The predicted molar refractivity (Wildman–Crippen MR) is 55.5 cm³/mol. The van der Waals surface area contributed by atoms with Gasteiger partial charge in [-0.15, -0.1) is 0 Å². The normalized spacial score (nSPS) is 10.7. The number of fused-ring (bicyclic) bond motifs is 1. The third kappa shape index (κ3) is 1.21.